The number of thiophene rings is 1. The Labute approximate surface area is 155 Å². The van der Waals surface area contributed by atoms with Crippen molar-refractivity contribution >= 4 is 29.1 Å². The Morgan fingerprint density at radius 1 is 1.27 bits per heavy atom. The summed E-state index contributed by atoms with van der Waals surface area (Å²) in [5, 5.41) is 14.4. The molecule has 2 amide bonds. The Kier molecular flexibility index (Phi) is 5.37. The van der Waals surface area contributed by atoms with E-state index in [1.54, 1.807) is 12.1 Å². The maximum atomic E-state index is 12.9. The van der Waals surface area contributed by atoms with Gasteiger partial charge >= 0.3 is 5.97 Å². The number of hydrogen-bond acceptors (Lipinski definition) is 4. The molecule has 0 radical (unpaired) electrons. The molecule has 6 nitrogen and oxygen atoms in total. The van der Waals surface area contributed by atoms with Crippen molar-refractivity contribution in [1.29, 1.82) is 0 Å². The Hall–Kier alpha value is -2.67. The lowest BCUT2D eigenvalue weighted by Gasteiger charge is -2.35. The van der Waals surface area contributed by atoms with Gasteiger partial charge in [-0.2, -0.15) is 0 Å². The predicted molar refractivity (Wildman–Crippen MR) is 97.7 cm³/mol. The van der Waals surface area contributed by atoms with Crippen LogP contribution in [-0.4, -0.2) is 34.3 Å². The average molecular weight is 372 g/mol. The minimum Gasteiger partial charge on any atom is -0.479 e. The molecule has 2 heterocycles. The maximum Gasteiger partial charge on any atom is 0.331 e. The van der Waals surface area contributed by atoms with Crippen molar-refractivity contribution in [3.05, 3.63) is 57.8 Å². The summed E-state index contributed by atoms with van der Waals surface area (Å²) in [6.45, 7) is 1.76. The van der Waals surface area contributed by atoms with Gasteiger partial charge in [0, 0.05) is 18.3 Å². The summed E-state index contributed by atoms with van der Waals surface area (Å²) in [5.41, 5.74) is 1.62. The number of nitrogens with one attached hydrogen (secondary N) is 1. The van der Waals surface area contributed by atoms with Crippen LogP contribution in [0.3, 0.4) is 0 Å². The first kappa shape index (κ1) is 18.1. The van der Waals surface area contributed by atoms with Gasteiger partial charge in [0.05, 0.1) is 12.5 Å². The molecular formula is C19H20N2O4S. The molecule has 2 aromatic rings. The van der Waals surface area contributed by atoms with Gasteiger partial charge < -0.3 is 15.3 Å². The second-order valence-corrected chi connectivity index (χ2v) is 7.23. The molecule has 136 valence electrons. The molecule has 0 saturated heterocycles. The lowest BCUT2D eigenvalue weighted by Crippen LogP contribution is -2.44. The molecule has 26 heavy (non-hydrogen) atoms. The van der Waals surface area contributed by atoms with E-state index in [9.17, 15) is 19.5 Å². The summed E-state index contributed by atoms with van der Waals surface area (Å²) in [6.07, 6.45) is 0.654. The highest BCUT2D eigenvalue weighted by Gasteiger charge is 2.36. The van der Waals surface area contributed by atoms with Crippen LogP contribution in [0.25, 0.3) is 0 Å². The van der Waals surface area contributed by atoms with Gasteiger partial charge in [0.15, 0.2) is 6.04 Å². The van der Waals surface area contributed by atoms with Crippen LogP contribution in [0, 0.1) is 0 Å². The third kappa shape index (κ3) is 3.77. The van der Waals surface area contributed by atoms with Crippen molar-refractivity contribution in [2.24, 2.45) is 0 Å². The van der Waals surface area contributed by atoms with E-state index in [0.717, 1.165) is 10.4 Å². The van der Waals surface area contributed by atoms with Crippen LogP contribution in [0.2, 0.25) is 0 Å². The standard InChI is InChI=1S/C19H20N2O4S/c1-12(22)20-15(16-7-4-10-26-16)11-17(23)21-9-8-13-5-2-3-6-14(13)18(21)19(24)25/h2-7,10,15,18H,8-9,11H2,1H3,(H,20,22)(H,24,25). The van der Waals surface area contributed by atoms with Gasteiger partial charge in [-0.15, -0.1) is 11.3 Å². The van der Waals surface area contributed by atoms with E-state index in [1.165, 1.54) is 23.2 Å². The monoisotopic (exact) mass is 372 g/mol. The highest BCUT2D eigenvalue weighted by atomic mass is 32.1. The summed E-state index contributed by atoms with van der Waals surface area (Å²) in [7, 11) is 0. The van der Waals surface area contributed by atoms with Crippen molar-refractivity contribution in [2.45, 2.75) is 31.8 Å². The molecule has 0 spiro atoms. The number of carbonyl (C=O) groups excluding carboxylic acids is 2. The van der Waals surface area contributed by atoms with Crippen LogP contribution in [0.1, 0.15) is 41.4 Å². The highest BCUT2D eigenvalue weighted by Crippen LogP contribution is 2.32. The third-order valence-corrected chi connectivity index (χ3v) is 5.47. The molecule has 1 aliphatic heterocycles. The molecular weight excluding hydrogens is 352 g/mol. The Bertz CT molecular complexity index is 819. The number of rotatable bonds is 5. The number of hydrogen-bond donors (Lipinski definition) is 2. The zero-order valence-electron chi connectivity index (χ0n) is 14.3. The van der Waals surface area contributed by atoms with Gasteiger partial charge in [-0.25, -0.2) is 4.79 Å². The molecule has 2 atom stereocenters. The van der Waals surface area contributed by atoms with Gasteiger partial charge in [0.1, 0.15) is 0 Å². The Balaban J connectivity index is 1.84. The van der Waals surface area contributed by atoms with E-state index in [4.69, 9.17) is 0 Å². The molecule has 3 rings (SSSR count). The van der Waals surface area contributed by atoms with Crippen LogP contribution in [0.4, 0.5) is 0 Å². The van der Waals surface area contributed by atoms with E-state index >= 15 is 0 Å². The quantitative estimate of drug-likeness (QED) is 0.844. The summed E-state index contributed by atoms with van der Waals surface area (Å²) in [6, 6.07) is 9.60. The summed E-state index contributed by atoms with van der Waals surface area (Å²) < 4.78 is 0. The first-order valence-corrected chi connectivity index (χ1v) is 9.26. The van der Waals surface area contributed by atoms with E-state index in [-0.39, 0.29) is 18.2 Å². The molecule has 0 aliphatic carbocycles. The van der Waals surface area contributed by atoms with Crippen molar-refractivity contribution in [1.82, 2.24) is 10.2 Å². The second-order valence-electron chi connectivity index (χ2n) is 6.25. The van der Waals surface area contributed by atoms with Crippen LogP contribution in [0.5, 0.6) is 0 Å². The minimum atomic E-state index is -1.04. The summed E-state index contributed by atoms with van der Waals surface area (Å²) in [4.78, 5) is 38.6. The molecule has 0 bridgehead atoms. The fraction of sp³-hybridized carbons (Fsp3) is 0.316. The third-order valence-electron chi connectivity index (χ3n) is 4.48. The molecule has 1 aromatic heterocycles. The lowest BCUT2D eigenvalue weighted by atomic mass is 9.92. The number of benzene rings is 1. The van der Waals surface area contributed by atoms with Crippen molar-refractivity contribution in [3.8, 4) is 0 Å². The summed E-state index contributed by atoms with van der Waals surface area (Å²) in [5.74, 6) is -1.55. The number of fused-ring (bicyclic) bond motifs is 1. The Morgan fingerprint density at radius 2 is 2.04 bits per heavy atom. The van der Waals surface area contributed by atoms with Crippen molar-refractivity contribution in [2.75, 3.05) is 6.54 Å². The molecule has 1 aromatic carbocycles. The topological polar surface area (TPSA) is 86.7 Å². The fourth-order valence-electron chi connectivity index (χ4n) is 3.35. The van der Waals surface area contributed by atoms with E-state index in [1.807, 2.05) is 29.6 Å². The minimum absolute atomic E-state index is 0.0338. The van der Waals surface area contributed by atoms with E-state index in [2.05, 4.69) is 5.32 Å². The van der Waals surface area contributed by atoms with Gasteiger partial charge in [0.25, 0.3) is 0 Å². The van der Waals surface area contributed by atoms with E-state index in [0.29, 0.717) is 18.5 Å². The molecule has 2 N–H and O–H groups in total. The van der Waals surface area contributed by atoms with Crippen molar-refractivity contribution < 1.29 is 19.5 Å². The SMILES string of the molecule is CC(=O)NC(CC(=O)N1CCc2ccccc2C1C(=O)O)c1cccs1. The van der Waals surface area contributed by atoms with E-state index < -0.39 is 18.1 Å². The number of carboxylic acids is 1. The molecule has 0 fully saturated rings. The number of carboxylic acid groups (broad SMARTS) is 1. The van der Waals surface area contributed by atoms with Crippen LogP contribution < -0.4 is 5.32 Å². The highest BCUT2D eigenvalue weighted by molar-refractivity contribution is 7.10. The van der Waals surface area contributed by atoms with Gasteiger partial charge in [-0.1, -0.05) is 30.3 Å². The maximum absolute atomic E-state index is 12.9. The average Bonchev–Trinajstić information content (AvgIpc) is 3.14. The van der Waals surface area contributed by atoms with Gasteiger partial charge in [0.2, 0.25) is 11.8 Å². The fourth-order valence-corrected chi connectivity index (χ4v) is 4.13. The smallest absolute Gasteiger partial charge is 0.331 e. The predicted octanol–water partition coefficient (Wildman–Crippen LogP) is 2.53. The lowest BCUT2D eigenvalue weighted by molar-refractivity contribution is -0.151. The largest absolute Gasteiger partial charge is 0.479 e. The zero-order valence-corrected chi connectivity index (χ0v) is 15.2. The number of nitrogens with zero attached hydrogens (tertiary/aromatic N) is 1. The number of carbonyl (C=O) groups is 3. The van der Waals surface area contributed by atoms with Crippen LogP contribution in [0.15, 0.2) is 41.8 Å². The Morgan fingerprint density at radius 3 is 2.69 bits per heavy atom. The number of aliphatic carboxylic acids is 1. The summed E-state index contributed by atoms with van der Waals surface area (Å²) >= 11 is 1.46. The molecule has 1 aliphatic rings. The zero-order chi connectivity index (χ0) is 18.7. The van der Waals surface area contributed by atoms with Gasteiger partial charge in [-0.3, -0.25) is 9.59 Å². The molecule has 0 saturated carbocycles. The van der Waals surface area contributed by atoms with Crippen molar-refractivity contribution in [3.63, 3.8) is 0 Å². The van der Waals surface area contributed by atoms with Crippen LogP contribution >= 0.6 is 11.3 Å². The number of amides is 2. The first-order chi connectivity index (χ1) is 12.5. The molecule has 7 heteroatoms. The normalized spacial score (nSPS) is 17.3. The molecule has 2 unspecified atom stereocenters. The van der Waals surface area contributed by atoms with Crippen LogP contribution in [-0.2, 0) is 20.8 Å². The van der Waals surface area contributed by atoms with Gasteiger partial charge in [-0.05, 0) is 29.0 Å². The second kappa shape index (κ2) is 7.70. The first-order valence-electron chi connectivity index (χ1n) is 8.38.